The zero-order valence-electron chi connectivity index (χ0n) is 16.1. The number of benzene rings is 2. The molecule has 1 N–H and O–H groups in total. The van der Waals surface area contributed by atoms with Crippen molar-refractivity contribution >= 4 is 27.5 Å². The summed E-state index contributed by atoms with van der Waals surface area (Å²) < 4.78 is 28.3. The lowest BCUT2D eigenvalue weighted by atomic mass is 10.1. The van der Waals surface area contributed by atoms with E-state index >= 15 is 0 Å². The van der Waals surface area contributed by atoms with Crippen molar-refractivity contribution in [3.05, 3.63) is 64.2 Å². The number of carbonyl (C=O) groups excluding carboxylic acids is 1. The van der Waals surface area contributed by atoms with Crippen LogP contribution in [0.25, 0.3) is 0 Å². The van der Waals surface area contributed by atoms with Crippen LogP contribution in [0.3, 0.4) is 0 Å². The summed E-state index contributed by atoms with van der Waals surface area (Å²) >= 11 is 5.92. The summed E-state index contributed by atoms with van der Waals surface area (Å²) in [5, 5.41) is 3.31. The molecule has 0 aliphatic carbocycles. The molecule has 1 heterocycles. The Bertz CT molecular complexity index is 958. The minimum Gasteiger partial charge on any atom is -0.355 e. The largest absolute Gasteiger partial charge is 0.355 e. The fourth-order valence-electron chi connectivity index (χ4n) is 3.38. The molecule has 7 heteroatoms. The Labute approximate surface area is 171 Å². The molecular weight excluding hydrogens is 396 g/mol. The lowest BCUT2D eigenvalue weighted by molar-refractivity contribution is -0.124. The maximum Gasteiger partial charge on any atom is 0.244 e. The van der Waals surface area contributed by atoms with Crippen molar-refractivity contribution < 1.29 is 13.2 Å². The van der Waals surface area contributed by atoms with Crippen molar-refractivity contribution in [1.82, 2.24) is 9.62 Å². The second-order valence-corrected chi connectivity index (χ2v) is 9.55. The minimum absolute atomic E-state index is 0.137. The van der Waals surface area contributed by atoms with Crippen LogP contribution in [-0.4, -0.2) is 31.2 Å². The molecule has 0 spiro atoms. The summed E-state index contributed by atoms with van der Waals surface area (Å²) in [6.45, 7) is 4.73. The van der Waals surface area contributed by atoms with Crippen LogP contribution in [0.15, 0.2) is 47.4 Å². The lowest BCUT2D eigenvalue weighted by Gasteiger charge is -2.29. The monoisotopic (exact) mass is 420 g/mol. The molecule has 2 aromatic carbocycles. The Balaban J connectivity index is 2.03. The standard InChI is InChI=1S/C21H25ClN2O3S/c1-15-6-7-17(13-16(15)2)14-24(20-5-3-4-12-23-21(20)25)28(26,27)19-10-8-18(22)9-11-19/h6-11,13,20H,3-5,12,14H2,1-2H3,(H,23,25)/t20-/m1/s1. The van der Waals surface area contributed by atoms with E-state index in [0.29, 0.717) is 18.0 Å². The molecule has 2 aromatic rings. The van der Waals surface area contributed by atoms with Crippen LogP contribution in [0.1, 0.15) is 36.0 Å². The zero-order valence-corrected chi connectivity index (χ0v) is 17.7. The first-order valence-corrected chi connectivity index (χ1v) is 11.2. The third-order valence-electron chi connectivity index (χ3n) is 5.18. The molecule has 28 heavy (non-hydrogen) atoms. The normalized spacial score (nSPS) is 18.0. The van der Waals surface area contributed by atoms with Gasteiger partial charge in [-0.15, -0.1) is 0 Å². The topological polar surface area (TPSA) is 66.5 Å². The molecule has 1 amide bonds. The molecule has 3 rings (SSSR count). The number of nitrogens with one attached hydrogen (secondary N) is 1. The van der Waals surface area contributed by atoms with Crippen LogP contribution in [0, 0.1) is 13.8 Å². The molecule has 1 aliphatic heterocycles. The number of hydrogen-bond acceptors (Lipinski definition) is 3. The van der Waals surface area contributed by atoms with Gasteiger partial charge in [-0.2, -0.15) is 4.31 Å². The van der Waals surface area contributed by atoms with E-state index in [4.69, 9.17) is 11.6 Å². The average molecular weight is 421 g/mol. The molecular formula is C21H25ClN2O3S. The van der Waals surface area contributed by atoms with E-state index in [0.717, 1.165) is 29.5 Å². The van der Waals surface area contributed by atoms with Gasteiger partial charge in [-0.05, 0) is 74.1 Å². The summed E-state index contributed by atoms with van der Waals surface area (Å²) in [5.41, 5.74) is 3.09. The fourth-order valence-corrected chi connectivity index (χ4v) is 5.12. The number of hydrogen-bond donors (Lipinski definition) is 1. The highest BCUT2D eigenvalue weighted by molar-refractivity contribution is 7.89. The average Bonchev–Trinajstić information content (AvgIpc) is 2.87. The number of amides is 1. The predicted molar refractivity (Wildman–Crippen MR) is 111 cm³/mol. The van der Waals surface area contributed by atoms with Crippen molar-refractivity contribution in [2.45, 2.75) is 50.6 Å². The first kappa shape index (κ1) is 20.8. The van der Waals surface area contributed by atoms with E-state index in [1.165, 1.54) is 16.4 Å². The molecule has 1 atom stereocenters. The Morgan fingerprint density at radius 3 is 2.46 bits per heavy atom. The molecule has 1 fully saturated rings. The van der Waals surface area contributed by atoms with Gasteiger partial charge in [-0.1, -0.05) is 29.8 Å². The van der Waals surface area contributed by atoms with Gasteiger partial charge in [0, 0.05) is 18.1 Å². The van der Waals surface area contributed by atoms with Gasteiger partial charge in [-0.3, -0.25) is 4.79 Å². The molecule has 1 aliphatic rings. The van der Waals surface area contributed by atoms with Gasteiger partial charge in [0.25, 0.3) is 0 Å². The number of halogens is 1. The highest BCUT2D eigenvalue weighted by Gasteiger charge is 2.36. The highest BCUT2D eigenvalue weighted by Crippen LogP contribution is 2.26. The van der Waals surface area contributed by atoms with Gasteiger partial charge >= 0.3 is 0 Å². The molecule has 5 nitrogen and oxygen atoms in total. The molecule has 0 unspecified atom stereocenters. The first-order chi connectivity index (χ1) is 13.3. The second kappa shape index (κ2) is 8.64. The van der Waals surface area contributed by atoms with E-state index in [1.807, 2.05) is 32.0 Å². The zero-order chi connectivity index (χ0) is 20.3. The molecule has 150 valence electrons. The van der Waals surface area contributed by atoms with Gasteiger partial charge in [0.15, 0.2) is 0 Å². The third-order valence-corrected chi connectivity index (χ3v) is 7.30. The van der Waals surface area contributed by atoms with Crippen molar-refractivity contribution in [3.8, 4) is 0 Å². The summed E-state index contributed by atoms with van der Waals surface area (Å²) in [4.78, 5) is 12.8. The van der Waals surface area contributed by atoms with Crippen LogP contribution >= 0.6 is 11.6 Å². The number of nitrogens with zero attached hydrogens (tertiary/aromatic N) is 1. The quantitative estimate of drug-likeness (QED) is 0.799. The van der Waals surface area contributed by atoms with Crippen molar-refractivity contribution in [2.24, 2.45) is 0 Å². The Morgan fingerprint density at radius 1 is 1.07 bits per heavy atom. The number of carbonyl (C=O) groups is 1. The number of aryl methyl sites for hydroxylation is 2. The minimum atomic E-state index is -3.87. The SMILES string of the molecule is Cc1ccc(CN([C@@H]2CCCCNC2=O)S(=O)(=O)c2ccc(Cl)cc2)cc1C. The lowest BCUT2D eigenvalue weighted by Crippen LogP contribution is -2.48. The van der Waals surface area contributed by atoms with Crippen LogP contribution < -0.4 is 5.32 Å². The molecule has 0 bridgehead atoms. The van der Waals surface area contributed by atoms with Crippen LogP contribution in [-0.2, 0) is 21.4 Å². The summed E-state index contributed by atoms with van der Waals surface area (Å²) in [7, 11) is -3.87. The van der Waals surface area contributed by atoms with E-state index in [2.05, 4.69) is 5.32 Å². The van der Waals surface area contributed by atoms with Gasteiger partial charge in [0.1, 0.15) is 6.04 Å². The van der Waals surface area contributed by atoms with Crippen molar-refractivity contribution in [2.75, 3.05) is 6.54 Å². The van der Waals surface area contributed by atoms with Crippen molar-refractivity contribution in [3.63, 3.8) is 0 Å². The maximum absolute atomic E-state index is 13.5. The Kier molecular flexibility index (Phi) is 6.43. The maximum atomic E-state index is 13.5. The third kappa shape index (κ3) is 4.57. The van der Waals surface area contributed by atoms with Gasteiger partial charge < -0.3 is 5.32 Å². The van der Waals surface area contributed by atoms with Crippen LogP contribution in [0.2, 0.25) is 5.02 Å². The highest BCUT2D eigenvalue weighted by atomic mass is 35.5. The van der Waals surface area contributed by atoms with Gasteiger partial charge in [0.05, 0.1) is 4.90 Å². The van der Waals surface area contributed by atoms with Crippen molar-refractivity contribution in [1.29, 1.82) is 0 Å². The fraction of sp³-hybridized carbons (Fsp3) is 0.381. The Morgan fingerprint density at radius 2 is 1.79 bits per heavy atom. The smallest absolute Gasteiger partial charge is 0.244 e. The van der Waals surface area contributed by atoms with E-state index in [-0.39, 0.29) is 17.3 Å². The summed E-state index contributed by atoms with van der Waals surface area (Å²) in [6.07, 6.45) is 2.15. The molecule has 1 saturated heterocycles. The molecule has 0 radical (unpaired) electrons. The van der Waals surface area contributed by atoms with Gasteiger partial charge in [0.2, 0.25) is 15.9 Å². The van der Waals surface area contributed by atoms with Gasteiger partial charge in [-0.25, -0.2) is 8.42 Å². The second-order valence-electron chi connectivity index (χ2n) is 7.23. The van der Waals surface area contributed by atoms with Crippen LogP contribution in [0.4, 0.5) is 0 Å². The molecule has 0 saturated carbocycles. The van der Waals surface area contributed by atoms with Crippen LogP contribution in [0.5, 0.6) is 0 Å². The molecule has 0 aromatic heterocycles. The summed E-state index contributed by atoms with van der Waals surface area (Å²) in [5.74, 6) is -0.237. The first-order valence-electron chi connectivity index (χ1n) is 9.40. The van der Waals surface area contributed by atoms with E-state index in [9.17, 15) is 13.2 Å². The summed E-state index contributed by atoms with van der Waals surface area (Å²) in [6, 6.07) is 11.2. The Hall–Kier alpha value is -1.89. The van der Waals surface area contributed by atoms with E-state index < -0.39 is 16.1 Å². The predicted octanol–water partition coefficient (Wildman–Crippen LogP) is 3.82. The number of rotatable bonds is 5. The number of sulfonamides is 1. The van der Waals surface area contributed by atoms with E-state index in [1.54, 1.807) is 12.1 Å².